The topological polar surface area (TPSA) is 73.4 Å². The van der Waals surface area contributed by atoms with Gasteiger partial charge in [0.2, 0.25) is 12.7 Å². The van der Waals surface area contributed by atoms with Crippen LogP contribution < -0.4 is 19.1 Å². The van der Waals surface area contributed by atoms with Crippen molar-refractivity contribution < 1.29 is 23.7 Å². The first-order valence-electron chi connectivity index (χ1n) is 11.6. The van der Waals surface area contributed by atoms with Gasteiger partial charge in [0.1, 0.15) is 11.3 Å². The maximum atomic E-state index is 13.6. The molecule has 0 aliphatic carbocycles. The summed E-state index contributed by atoms with van der Waals surface area (Å²) >= 11 is 1.54. The number of methoxy groups -OCH3 is 1. The summed E-state index contributed by atoms with van der Waals surface area (Å²) in [6.07, 6.45) is 1.12. The number of amides is 1. The van der Waals surface area contributed by atoms with Crippen molar-refractivity contribution in [3.8, 4) is 17.2 Å². The zero-order chi connectivity index (χ0) is 23.5. The first-order valence-corrected chi connectivity index (χ1v) is 12.4. The number of rotatable bonds is 8. The average Bonchev–Trinajstić information content (AvgIpc) is 3.50. The van der Waals surface area contributed by atoms with E-state index in [4.69, 9.17) is 23.9 Å². The summed E-state index contributed by atoms with van der Waals surface area (Å²) in [5.74, 6) is 2.13. The number of ether oxygens (including phenoxy) is 4. The first-order chi connectivity index (χ1) is 16.6. The van der Waals surface area contributed by atoms with E-state index in [1.165, 1.54) is 0 Å². The molecule has 2 aliphatic heterocycles. The van der Waals surface area contributed by atoms with Gasteiger partial charge >= 0.3 is 0 Å². The molecule has 0 unspecified atom stereocenters. The second kappa shape index (κ2) is 10.2. The van der Waals surface area contributed by atoms with Gasteiger partial charge in [0.05, 0.1) is 31.4 Å². The van der Waals surface area contributed by atoms with E-state index in [2.05, 4.69) is 11.8 Å². The SMILES string of the molecule is COc1ccc(C)c2sc(N(CCCN3CCOCC3)C(=O)Cc3ccc4c(c3)OCO4)nc12. The number of carbonyl (C=O) groups excluding carboxylic acids is 1. The summed E-state index contributed by atoms with van der Waals surface area (Å²) in [7, 11) is 1.65. The molecule has 34 heavy (non-hydrogen) atoms. The molecule has 180 valence electrons. The van der Waals surface area contributed by atoms with Crippen molar-refractivity contribution in [2.24, 2.45) is 0 Å². The number of fused-ring (bicyclic) bond motifs is 2. The molecule has 3 aromatic rings. The van der Waals surface area contributed by atoms with Crippen LogP contribution in [0.2, 0.25) is 0 Å². The molecular weight excluding hydrogens is 454 g/mol. The lowest BCUT2D eigenvalue weighted by molar-refractivity contribution is -0.118. The van der Waals surface area contributed by atoms with Gasteiger partial charge in [-0.05, 0) is 42.7 Å². The van der Waals surface area contributed by atoms with E-state index in [1.54, 1.807) is 18.4 Å². The minimum Gasteiger partial charge on any atom is -0.494 e. The fraction of sp³-hybridized carbons (Fsp3) is 0.440. The quantitative estimate of drug-likeness (QED) is 0.484. The molecule has 2 aliphatic rings. The lowest BCUT2D eigenvalue weighted by atomic mass is 10.1. The van der Waals surface area contributed by atoms with Crippen LogP contribution >= 0.6 is 11.3 Å². The Labute approximate surface area is 203 Å². The first kappa shape index (κ1) is 22.9. The molecule has 1 aromatic heterocycles. The highest BCUT2D eigenvalue weighted by atomic mass is 32.1. The van der Waals surface area contributed by atoms with Gasteiger partial charge in [-0.2, -0.15) is 0 Å². The number of aromatic nitrogens is 1. The fourth-order valence-corrected chi connectivity index (χ4v) is 5.40. The van der Waals surface area contributed by atoms with Crippen LogP contribution in [-0.4, -0.2) is 69.1 Å². The van der Waals surface area contributed by atoms with Gasteiger partial charge in [0.25, 0.3) is 0 Å². The normalized spacial score (nSPS) is 15.6. The monoisotopic (exact) mass is 483 g/mol. The summed E-state index contributed by atoms with van der Waals surface area (Å²) in [6.45, 7) is 7.19. The van der Waals surface area contributed by atoms with E-state index in [0.717, 1.165) is 66.4 Å². The fourth-order valence-electron chi connectivity index (χ4n) is 4.30. The average molecular weight is 484 g/mol. The van der Waals surface area contributed by atoms with Crippen LogP contribution in [0.15, 0.2) is 30.3 Å². The second-order valence-corrected chi connectivity index (χ2v) is 9.45. The van der Waals surface area contributed by atoms with Gasteiger partial charge in [0.15, 0.2) is 16.6 Å². The molecule has 0 bridgehead atoms. The van der Waals surface area contributed by atoms with E-state index in [1.807, 2.05) is 35.2 Å². The Morgan fingerprint density at radius 3 is 2.82 bits per heavy atom. The van der Waals surface area contributed by atoms with Crippen molar-refractivity contribution in [3.63, 3.8) is 0 Å². The third kappa shape index (κ3) is 4.82. The number of carbonyl (C=O) groups is 1. The number of aryl methyl sites for hydroxylation is 1. The summed E-state index contributed by atoms with van der Waals surface area (Å²) in [6, 6.07) is 9.62. The van der Waals surface area contributed by atoms with Crippen molar-refractivity contribution in [1.29, 1.82) is 0 Å². The predicted molar refractivity (Wildman–Crippen MR) is 131 cm³/mol. The van der Waals surface area contributed by atoms with Crippen LogP contribution in [0.25, 0.3) is 10.2 Å². The van der Waals surface area contributed by atoms with Crippen molar-refractivity contribution >= 4 is 32.6 Å². The molecule has 0 spiro atoms. The lowest BCUT2D eigenvalue weighted by Gasteiger charge is -2.27. The Morgan fingerprint density at radius 2 is 2.00 bits per heavy atom. The molecule has 1 fully saturated rings. The van der Waals surface area contributed by atoms with Crippen LogP contribution in [0.4, 0.5) is 5.13 Å². The molecule has 0 radical (unpaired) electrons. The van der Waals surface area contributed by atoms with Crippen molar-refractivity contribution in [1.82, 2.24) is 9.88 Å². The molecule has 1 amide bonds. The van der Waals surface area contributed by atoms with Crippen LogP contribution in [-0.2, 0) is 16.0 Å². The molecule has 0 N–H and O–H groups in total. The molecule has 5 rings (SSSR count). The van der Waals surface area contributed by atoms with Crippen molar-refractivity contribution in [2.45, 2.75) is 19.8 Å². The summed E-state index contributed by atoms with van der Waals surface area (Å²) in [4.78, 5) is 22.6. The van der Waals surface area contributed by atoms with Gasteiger partial charge in [-0.3, -0.25) is 14.6 Å². The molecule has 1 saturated heterocycles. The van der Waals surface area contributed by atoms with E-state index >= 15 is 0 Å². The largest absolute Gasteiger partial charge is 0.494 e. The minimum absolute atomic E-state index is 0.0107. The molecule has 0 atom stereocenters. The van der Waals surface area contributed by atoms with Gasteiger partial charge in [-0.25, -0.2) is 4.98 Å². The lowest BCUT2D eigenvalue weighted by Crippen LogP contribution is -2.39. The Hall–Kier alpha value is -2.88. The van der Waals surface area contributed by atoms with Crippen LogP contribution in [0.3, 0.4) is 0 Å². The maximum Gasteiger partial charge on any atom is 0.233 e. The molecule has 8 nitrogen and oxygen atoms in total. The van der Waals surface area contributed by atoms with E-state index in [9.17, 15) is 4.79 Å². The third-order valence-electron chi connectivity index (χ3n) is 6.20. The number of hydrogen-bond acceptors (Lipinski definition) is 8. The molecule has 3 heterocycles. The van der Waals surface area contributed by atoms with Crippen molar-refractivity contribution in [2.75, 3.05) is 58.2 Å². The van der Waals surface area contributed by atoms with E-state index in [0.29, 0.717) is 23.2 Å². The van der Waals surface area contributed by atoms with E-state index in [-0.39, 0.29) is 19.1 Å². The maximum absolute atomic E-state index is 13.6. The number of nitrogens with zero attached hydrogens (tertiary/aromatic N) is 3. The van der Waals surface area contributed by atoms with Gasteiger partial charge in [-0.15, -0.1) is 0 Å². The third-order valence-corrected chi connectivity index (χ3v) is 7.41. The van der Waals surface area contributed by atoms with Crippen LogP contribution in [0.5, 0.6) is 17.2 Å². The zero-order valence-corrected chi connectivity index (χ0v) is 20.4. The van der Waals surface area contributed by atoms with Gasteiger partial charge in [-0.1, -0.05) is 23.5 Å². The molecular formula is C25H29N3O5S. The Balaban J connectivity index is 1.39. The number of morpholine rings is 1. The Morgan fingerprint density at radius 1 is 1.18 bits per heavy atom. The highest BCUT2D eigenvalue weighted by molar-refractivity contribution is 7.22. The number of anilines is 1. The van der Waals surface area contributed by atoms with Crippen LogP contribution in [0.1, 0.15) is 17.5 Å². The van der Waals surface area contributed by atoms with Crippen molar-refractivity contribution in [3.05, 3.63) is 41.5 Å². The minimum atomic E-state index is 0.0107. The Bertz CT molecular complexity index is 1170. The summed E-state index contributed by atoms with van der Waals surface area (Å²) in [5, 5.41) is 0.704. The van der Waals surface area contributed by atoms with E-state index < -0.39 is 0 Å². The zero-order valence-electron chi connectivity index (χ0n) is 19.5. The highest BCUT2D eigenvalue weighted by Gasteiger charge is 2.23. The second-order valence-electron chi connectivity index (χ2n) is 8.48. The summed E-state index contributed by atoms with van der Waals surface area (Å²) < 4.78 is 22.9. The molecule has 2 aromatic carbocycles. The number of thiazole rings is 1. The standard InChI is InChI=1S/C25H29N3O5S/c1-17-4-6-20(30-2)23-24(17)34-25(26-23)28(9-3-8-27-10-12-31-13-11-27)22(29)15-18-5-7-19-21(14-18)33-16-32-19/h4-7,14H,3,8-13,15-16H2,1-2H3. The summed E-state index contributed by atoms with van der Waals surface area (Å²) in [5.41, 5.74) is 2.81. The van der Waals surface area contributed by atoms with Gasteiger partial charge < -0.3 is 18.9 Å². The molecule has 0 saturated carbocycles. The van der Waals surface area contributed by atoms with Crippen LogP contribution in [0, 0.1) is 6.92 Å². The van der Waals surface area contributed by atoms with Gasteiger partial charge in [0, 0.05) is 26.2 Å². The molecule has 9 heteroatoms. The number of hydrogen-bond donors (Lipinski definition) is 0. The number of benzene rings is 2. The smallest absolute Gasteiger partial charge is 0.233 e. The Kier molecular flexibility index (Phi) is 6.85. The predicted octanol–water partition coefficient (Wildman–Crippen LogP) is 3.64. The highest BCUT2D eigenvalue weighted by Crippen LogP contribution is 2.37.